The summed E-state index contributed by atoms with van der Waals surface area (Å²) in [5.41, 5.74) is 1.51. The van der Waals surface area contributed by atoms with Crippen LogP contribution in [0, 0.1) is 0 Å². The van der Waals surface area contributed by atoms with Crippen molar-refractivity contribution in [1.29, 1.82) is 0 Å². The average molecular weight is 333 g/mol. The van der Waals surface area contributed by atoms with Crippen molar-refractivity contribution in [3.05, 3.63) is 34.3 Å². The van der Waals surface area contributed by atoms with Crippen LogP contribution in [0.15, 0.2) is 18.2 Å². The maximum Gasteiger partial charge on any atom is 0.261 e. The van der Waals surface area contributed by atoms with E-state index in [1.54, 1.807) is 25.3 Å². The number of fused-ring (bicyclic) bond motifs is 1. The topological polar surface area (TPSA) is 63.7 Å². The number of rotatable bonds is 4. The summed E-state index contributed by atoms with van der Waals surface area (Å²) in [6.07, 6.45) is 0.917. The number of ether oxygens (including phenoxy) is 2. The van der Waals surface area contributed by atoms with Gasteiger partial charge in [0.25, 0.3) is 5.91 Å². The summed E-state index contributed by atoms with van der Waals surface area (Å²) in [5, 5.41) is 3.50. The number of benzene rings is 1. The molecule has 1 amide bonds. The fraction of sp³-hybridized carbons (Fsp3) is 0.375. The molecule has 2 aromatic rings. The predicted octanol–water partition coefficient (Wildman–Crippen LogP) is 2.40. The first kappa shape index (κ1) is 15.8. The van der Waals surface area contributed by atoms with Gasteiger partial charge in [-0.05, 0) is 19.2 Å². The first-order valence-corrected chi connectivity index (χ1v) is 8.13. The zero-order valence-corrected chi connectivity index (χ0v) is 14.2. The number of thiazole rings is 1. The molecule has 0 unspecified atom stereocenters. The number of para-hydroxylation sites is 1. The minimum absolute atomic E-state index is 0.250. The summed E-state index contributed by atoms with van der Waals surface area (Å²) in [4.78, 5) is 20.5. The zero-order chi connectivity index (χ0) is 16.4. The second kappa shape index (κ2) is 6.55. The Morgan fingerprint density at radius 2 is 2.17 bits per heavy atom. The molecule has 6 nitrogen and oxygen atoms in total. The van der Waals surface area contributed by atoms with Gasteiger partial charge in [0, 0.05) is 24.4 Å². The van der Waals surface area contributed by atoms with Crippen LogP contribution in [0.4, 0.5) is 5.13 Å². The van der Waals surface area contributed by atoms with Crippen LogP contribution in [0.1, 0.15) is 20.9 Å². The van der Waals surface area contributed by atoms with E-state index < -0.39 is 0 Å². The molecule has 2 heterocycles. The van der Waals surface area contributed by atoms with E-state index in [0.717, 1.165) is 25.2 Å². The van der Waals surface area contributed by atoms with Crippen molar-refractivity contribution in [2.75, 3.05) is 33.1 Å². The highest BCUT2D eigenvalue weighted by molar-refractivity contribution is 7.15. The van der Waals surface area contributed by atoms with Crippen LogP contribution in [0.5, 0.6) is 11.5 Å². The van der Waals surface area contributed by atoms with Crippen molar-refractivity contribution < 1.29 is 14.3 Å². The molecule has 0 aliphatic carbocycles. The highest BCUT2D eigenvalue weighted by Crippen LogP contribution is 2.32. The Morgan fingerprint density at radius 1 is 1.35 bits per heavy atom. The molecule has 3 rings (SSSR count). The molecular formula is C16H19N3O3S. The Balaban J connectivity index is 1.83. The summed E-state index contributed by atoms with van der Waals surface area (Å²) >= 11 is 1.53. The van der Waals surface area contributed by atoms with Crippen molar-refractivity contribution in [3.63, 3.8) is 0 Å². The second-order valence-electron chi connectivity index (χ2n) is 5.37. The maximum atomic E-state index is 12.5. The third-order valence-corrected chi connectivity index (χ3v) is 4.79. The Labute approximate surface area is 139 Å². The molecule has 0 spiro atoms. The zero-order valence-electron chi connectivity index (χ0n) is 13.4. The van der Waals surface area contributed by atoms with Crippen molar-refractivity contribution in [2.45, 2.75) is 13.0 Å². The lowest BCUT2D eigenvalue weighted by Gasteiger charge is -2.20. The predicted molar refractivity (Wildman–Crippen MR) is 89.7 cm³/mol. The van der Waals surface area contributed by atoms with E-state index in [2.05, 4.69) is 22.2 Å². The molecule has 1 aliphatic rings. The van der Waals surface area contributed by atoms with Crippen LogP contribution >= 0.6 is 11.3 Å². The molecule has 0 radical (unpaired) electrons. The number of anilines is 1. The number of nitrogens with zero attached hydrogens (tertiary/aromatic N) is 2. The molecule has 0 atom stereocenters. The van der Waals surface area contributed by atoms with Gasteiger partial charge in [-0.15, -0.1) is 11.3 Å². The fourth-order valence-corrected chi connectivity index (χ4v) is 3.69. The van der Waals surface area contributed by atoms with Gasteiger partial charge in [-0.25, -0.2) is 4.98 Å². The number of amides is 1. The number of aromatic nitrogens is 1. The van der Waals surface area contributed by atoms with Gasteiger partial charge in [-0.3, -0.25) is 10.1 Å². The summed E-state index contributed by atoms with van der Waals surface area (Å²) in [6, 6.07) is 5.23. The molecule has 0 fully saturated rings. The summed E-state index contributed by atoms with van der Waals surface area (Å²) in [6.45, 7) is 1.87. The van der Waals surface area contributed by atoms with Crippen LogP contribution in [-0.2, 0) is 13.0 Å². The number of hydrogen-bond donors (Lipinski definition) is 1. The van der Waals surface area contributed by atoms with E-state index >= 15 is 0 Å². The molecule has 23 heavy (non-hydrogen) atoms. The molecule has 0 saturated carbocycles. The minimum atomic E-state index is -0.250. The first-order chi connectivity index (χ1) is 11.1. The molecule has 1 aromatic carbocycles. The Morgan fingerprint density at radius 3 is 2.91 bits per heavy atom. The third kappa shape index (κ3) is 3.16. The summed E-state index contributed by atoms with van der Waals surface area (Å²) in [5.74, 6) is 0.703. The Kier molecular flexibility index (Phi) is 4.49. The highest BCUT2D eigenvalue weighted by Gasteiger charge is 2.21. The number of hydrogen-bond acceptors (Lipinski definition) is 6. The van der Waals surface area contributed by atoms with Gasteiger partial charge in [0.2, 0.25) is 0 Å². The molecule has 1 N–H and O–H groups in total. The smallest absolute Gasteiger partial charge is 0.261 e. The number of methoxy groups -OCH3 is 2. The normalized spacial score (nSPS) is 14.2. The number of nitrogens with one attached hydrogen (secondary N) is 1. The number of carbonyl (C=O) groups is 1. The lowest BCUT2D eigenvalue weighted by molar-refractivity contribution is 0.102. The second-order valence-corrected chi connectivity index (χ2v) is 6.46. The molecule has 1 aromatic heterocycles. The molecule has 0 bridgehead atoms. The monoisotopic (exact) mass is 333 g/mol. The quantitative estimate of drug-likeness (QED) is 0.931. The van der Waals surface area contributed by atoms with Crippen LogP contribution in [0.25, 0.3) is 0 Å². The van der Waals surface area contributed by atoms with E-state index in [1.165, 1.54) is 23.3 Å². The van der Waals surface area contributed by atoms with E-state index in [-0.39, 0.29) is 5.91 Å². The molecule has 1 aliphatic heterocycles. The Bertz CT molecular complexity index is 729. The fourth-order valence-electron chi connectivity index (χ4n) is 2.61. The van der Waals surface area contributed by atoms with E-state index in [0.29, 0.717) is 22.2 Å². The lowest BCUT2D eigenvalue weighted by atomic mass is 10.1. The van der Waals surface area contributed by atoms with Crippen LogP contribution in [-0.4, -0.2) is 43.6 Å². The first-order valence-electron chi connectivity index (χ1n) is 7.32. The Hall–Kier alpha value is -2.12. The van der Waals surface area contributed by atoms with Crippen LogP contribution in [0.3, 0.4) is 0 Å². The van der Waals surface area contributed by atoms with Gasteiger partial charge in [-0.2, -0.15) is 0 Å². The largest absolute Gasteiger partial charge is 0.493 e. The summed E-state index contributed by atoms with van der Waals surface area (Å²) in [7, 11) is 5.15. The molecule has 122 valence electrons. The van der Waals surface area contributed by atoms with Crippen LogP contribution in [0.2, 0.25) is 0 Å². The highest BCUT2D eigenvalue weighted by atomic mass is 32.1. The lowest BCUT2D eigenvalue weighted by Crippen LogP contribution is -2.25. The van der Waals surface area contributed by atoms with E-state index in [9.17, 15) is 4.79 Å². The maximum absolute atomic E-state index is 12.5. The van der Waals surface area contributed by atoms with E-state index in [4.69, 9.17) is 9.47 Å². The molecule has 7 heteroatoms. The minimum Gasteiger partial charge on any atom is -0.493 e. The van der Waals surface area contributed by atoms with Crippen molar-refractivity contribution >= 4 is 22.4 Å². The van der Waals surface area contributed by atoms with Crippen molar-refractivity contribution in [2.24, 2.45) is 0 Å². The van der Waals surface area contributed by atoms with Gasteiger partial charge in [0.1, 0.15) is 0 Å². The number of likely N-dealkylation sites (N-methyl/N-ethyl adjacent to an activating group) is 1. The van der Waals surface area contributed by atoms with Gasteiger partial charge in [-0.1, -0.05) is 6.07 Å². The molecular weight excluding hydrogens is 314 g/mol. The van der Waals surface area contributed by atoms with E-state index in [1.807, 2.05) is 0 Å². The SMILES string of the molecule is COc1cccc(C(=O)Nc2nc3c(s2)CN(C)CC3)c1OC. The van der Waals surface area contributed by atoms with Gasteiger partial charge >= 0.3 is 0 Å². The third-order valence-electron chi connectivity index (χ3n) is 3.79. The van der Waals surface area contributed by atoms with Crippen LogP contribution < -0.4 is 14.8 Å². The standard InChI is InChI=1S/C16H19N3O3S/c1-19-8-7-11-13(9-19)23-16(17-11)18-15(20)10-5-4-6-12(21-2)14(10)22-3/h4-6H,7-9H2,1-3H3,(H,17,18,20). The van der Waals surface area contributed by atoms with Crippen molar-refractivity contribution in [1.82, 2.24) is 9.88 Å². The summed E-state index contributed by atoms with van der Waals surface area (Å²) < 4.78 is 10.5. The average Bonchev–Trinajstić information content (AvgIpc) is 2.95. The van der Waals surface area contributed by atoms with Gasteiger partial charge in [0.05, 0.1) is 25.5 Å². The number of carbonyl (C=O) groups excluding carboxylic acids is 1. The van der Waals surface area contributed by atoms with Crippen molar-refractivity contribution in [3.8, 4) is 11.5 Å². The van der Waals surface area contributed by atoms with Gasteiger partial charge in [0.15, 0.2) is 16.6 Å². The molecule has 0 saturated heterocycles. The van der Waals surface area contributed by atoms with Gasteiger partial charge < -0.3 is 14.4 Å².